The first-order valence-electron chi connectivity index (χ1n) is 12.6. The molecular formula is C30H27FN4O4. The average Bonchev–Trinajstić information content (AvgIpc) is 3.18. The summed E-state index contributed by atoms with van der Waals surface area (Å²) in [6, 6.07) is 19.4. The minimum absolute atomic E-state index is 0.00204. The average molecular weight is 527 g/mol. The molecule has 9 heteroatoms. The van der Waals surface area contributed by atoms with E-state index >= 15 is 4.39 Å². The Morgan fingerprint density at radius 1 is 1.05 bits per heavy atom. The van der Waals surface area contributed by atoms with E-state index in [1.165, 1.54) is 35.1 Å². The van der Waals surface area contributed by atoms with Gasteiger partial charge in [0.2, 0.25) is 0 Å². The fourth-order valence-corrected chi connectivity index (χ4v) is 4.48. The highest BCUT2D eigenvalue weighted by atomic mass is 19.1. The largest absolute Gasteiger partial charge is 0.508 e. The molecular weight excluding hydrogens is 499 g/mol. The number of aromatic nitrogens is 3. The third-order valence-electron chi connectivity index (χ3n) is 6.44. The van der Waals surface area contributed by atoms with E-state index in [2.05, 4.69) is 17.2 Å². The second-order valence-electron chi connectivity index (χ2n) is 9.10. The van der Waals surface area contributed by atoms with Crippen molar-refractivity contribution in [1.29, 1.82) is 0 Å². The SMILES string of the molecule is CCCCn1c(C)c(C(=O)Nc2ccc(Oc3ccnc4cc(O)ccc34)c(F)c2)c(=O)n1-c1ccccc1. The summed E-state index contributed by atoms with van der Waals surface area (Å²) in [6.45, 7) is 4.37. The number of fused-ring (bicyclic) bond motifs is 1. The summed E-state index contributed by atoms with van der Waals surface area (Å²) in [5.41, 5.74) is 1.43. The van der Waals surface area contributed by atoms with E-state index in [9.17, 15) is 14.7 Å². The van der Waals surface area contributed by atoms with E-state index in [1.54, 1.807) is 19.1 Å². The maximum atomic E-state index is 15.0. The fraction of sp³-hybridized carbons (Fsp3) is 0.167. The van der Waals surface area contributed by atoms with E-state index in [4.69, 9.17) is 4.74 Å². The molecule has 2 aromatic heterocycles. The van der Waals surface area contributed by atoms with Crippen LogP contribution < -0.4 is 15.6 Å². The van der Waals surface area contributed by atoms with E-state index in [-0.39, 0.29) is 22.7 Å². The number of para-hydroxylation sites is 1. The monoisotopic (exact) mass is 526 g/mol. The van der Waals surface area contributed by atoms with Gasteiger partial charge < -0.3 is 15.2 Å². The molecule has 0 unspecified atom stereocenters. The van der Waals surface area contributed by atoms with Gasteiger partial charge in [-0.1, -0.05) is 31.5 Å². The van der Waals surface area contributed by atoms with Gasteiger partial charge in [0.05, 0.1) is 16.9 Å². The lowest BCUT2D eigenvalue weighted by molar-refractivity contribution is 0.102. The number of benzene rings is 3. The Morgan fingerprint density at radius 2 is 1.85 bits per heavy atom. The maximum Gasteiger partial charge on any atom is 0.284 e. The summed E-state index contributed by atoms with van der Waals surface area (Å²) in [5.74, 6) is -0.950. The number of unbranched alkanes of at least 4 members (excludes halogenated alkanes) is 1. The second-order valence-corrected chi connectivity index (χ2v) is 9.10. The van der Waals surface area contributed by atoms with Crippen molar-refractivity contribution in [2.45, 2.75) is 33.2 Å². The number of amides is 1. The van der Waals surface area contributed by atoms with Crippen LogP contribution in [0.3, 0.4) is 0 Å². The van der Waals surface area contributed by atoms with Gasteiger partial charge in [-0.2, -0.15) is 0 Å². The van der Waals surface area contributed by atoms with Gasteiger partial charge in [0, 0.05) is 35.9 Å². The molecule has 2 N–H and O–H groups in total. The smallest absolute Gasteiger partial charge is 0.284 e. The van der Waals surface area contributed by atoms with Crippen LogP contribution in [0.2, 0.25) is 0 Å². The van der Waals surface area contributed by atoms with Gasteiger partial charge in [0.25, 0.3) is 11.5 Å². The molecule has 8 nitrogen and oxygen atoms in total. The first-order chi connectivity index (χ1) is 18.9. The lowest BCUT2D eigenvalue weighted by Gasteiger charge is -2.13. The second kappa shape index (κ2) is 10.8. The number of hydrogen-bond donors (Lipinski definition) is 2. The molecule has 0 atom stereocenters. The van der Waals surface area contributed by atoms with Crippen LogP contribution in [0, 0.1) is 12.7 Å². The Hall–Kier alpha value is -4.92. The normalized spacial score (nSPS) is 11.1. The van der Waals surface area contributed by atoms with Crippen molar-refractivity contribution in [2.24, 2.45) is 0 Å². The molecule has 198 valence electrons. The van der Waals surface area contributed by atoms with Crippen molar-refractivity contribution in [3.8, 4) is 22.9 Å². The van der Waals surface area contributed by atoms with E-state index in [0.29, 0.717) is 34.6 Å². The number of anilines is 1. The van der Waals surface area contributed by atoms with Crippen molar-refractivity contribution in [3.05, 3.63) is 106 Å². The number of nitrogens with zero attached hydrogens (tertiary/aromatic N) is 3. The lowest BCUT2D eigenvalue weighted by atomic mass is 10.2. The summed E-state index contributed by atoms with van der Waals surface area (Å²) >= 11 is 0. The number of carbonyl (C=O) groups is 1. The van der Waals surface area contributed by atoms with Crippen LogP contribution >= 0.6 is 0 Å². The number of pyridine rings is 1. The minimum atomic E-state index is -0.699. The number of phenols is 1. The number of carbonyl (C=O) groups excluding carboxylic acids is 1. The fourth-order valence-electron chi connectivity index (χ4n) is 4.48. The van der Waals surface area contributed by atoms with Crippen LogP contribution in [0.4, 0.5) is 10.1 Å². The Morgan fingerprint density at radius 3 is 2.59 bits per heavy atom. The Labute approximate surface area is 223 Å². The molecule has 0 aliphatic carbocycles. The Bertz CT molecular complexity index is 1730. The quantitative estimate of drug-likeness (QED) is 0.251. The predicted octanol–water partition coefficient (Wildman–Crippen LogP) is 6.19. The van der Waals surface area contributed by atoms with Crippen LogP contribution in [-0.2, 0) is 6.54 Å². The van der Waals surface area contributed by atoms with Gasteiger partial charge in [-0.05, 0) is 55.8 Å². The molecule has 0 aliphatic heterocycles. The molecule has 5 aromatic rings. The highest BCUT2D eigenvalue weighted by Crippen LogP contribution is 2.32. The zero-order valence-corrected chi connectivity index (χ0v) is 21.5. The molecule has 0 saturated carbocycles. The summed E-state index contributed by atoms with van der Waals surface area (Å²) < 4.78 is 24.1. The number of nitrogens with one attached hydrogen (secondary N) is 1. The molecule has 0 radical (unpaired) electrons. The topological polar surface area (TPSA) is 98.4 Å². The summed E-state index contributed by atoms with van der Waals surface area (Å²) in [4.78, 5) is 30.9. The molecule has 0 aliphatic rings. The van der Waals surface area contributed by atoms with Gasteiger partial charge >= 0.3 is 0 Å². The molecule has 3 aromatic carbocycles. The third kappa shape index (κ3) is 5.11. The van der Waals surface area contributed by atoms with Crippen LogP contribution in [-0.4, -0.2) is 25.4 Å². The van der Waals surface area contributed by atoms with Gasteiger partial charge in [-0.25, -0.2) is 9.07 Å². The molecule has 1 amide bonds. The highest BCUT2D eigenvalue weighted by molar-refractivity contribution is 6.05. The molecule has 0 saturated heterocycles. The third-order valence-corrected chi connectivity index (χ3v) is 6.44. The number of ether oxygens (including phenoxy) is 1. The van der Waals surface area contributed by atoms with Crippen LogP contribution in [0.25, 0.3) is 16.6 Å². The molecule has 0 fully saturated rings. The van der Waals surface area contributed by atoms with Gasteiger partial charge in [-0.15, -0.1) is 0 Å². The van der Waals surface area contributed by atoms with E-state index in [0.717, 1.165) is 18.9 Å². The first kappa shape index (κ1) is 25.7. The zero-order chi connectivity index (χ0) is 27.5. The molecule has 5 rings (SSSR count). The highest BCUT2D eigenvalue weighted by Gasteiger charge is 2.24. The molecule has 39 heavy (non-hydrogen) atoms. The maximum absolute atomic E-state index is 15.0. The molecule has 2 heterocycles. The van der Waals surface area contributed by atoms with Crippen LogP contribution in [0.5, 0.6) is 17.2 Å². The van der Waals surface area contributed by atoms with Crippen molar-refractivity contribution >= 4 is 22.5 Å². The standard InChI is InChI=1S/C30H27FN4O4/c1-3-4-16-34-19(2)28(30(38)35(34)21-8-6-5-7-9-21)29(37)33-20-10-13-27(24(31)17-20)39-26-14-15-32-25-18-22(36)11-12-23(25)26/h5-15,17-18,36H,3-4,16H2,1-2H3,(H,33,37). The minimum Gasteiger partial charge on any atom is -0.508 e. The van der Waals surface area contributed by atoms with E-state index < -0.39 is 17.3 Å². The number of rotatable bonds is 8. The predicted molar refractivity (Wildman–Crippen MR) is 148 cm³/mol. The van der Waals surface area contributed by atoms with Gasteiger partial charge in [0.15, 0.2) is 11.6 Å². The van der Waals surface area contributed by atoms with Crippen molar-refractivity contribution < 1.29 is 19.0 Å². The van der Waals surface area contributed by atoms with Crippen LogP contribution in [0.15, 0.2) is 83.8 Å². The summed E-state index contributed by atoms with van der Waals surface area (Å²) in [5, 5.41) is 12.9. The summed E-state index contributed by atoms with van der Waals surface area (Å²) in [7, 11) is 0. The lowest BCUT2D eigenvalue weighted by Crippen LogP contribution is -2.26. The van der Waals surface area contributed by atoms with Gasteiger partial charge in [0.1, 0.15) is 17.1 Å². The van der Waals surface area contributed by atoms with Crippen molar-refractivity contribution in [1.82, 2.24) is 14.3 Å². The zero-order valence-electron chi connectivity index (χ0n) is 21.5. The Balaban J connectivity index is 1.42. The number of halogens is 1. The Kier molecular flexibility index (Phi) is 7.14. The van der Waals surface area contributed by atoms with E-state index in [1.807, 2.05) is 35.0 Å². The molecule has 0 bridgehead atoms. The van der Waals surface area contributed by atoms with Gasteiger partial charge in [-0.3, -0.25) is 19.3 Å². The number of aromatic hydroxyl groups is 1. The van der Waals surface area contributed by atoms with Crippen molar-refractivity contribution in [3.63, 3.8) is 0 Å². The summed E-state index contributed by atoms with van der Waals surface area (Å²) in [6.07, 6.45) is 3.26. The van der Waals surface area contributed by atoms with Crippen molar-refractivity contribution in [2.75, 3.05) is 5.32 Å². The first-order valence-corrected chi connectivity index (χ1v) is 12.6. The number of hydrogen-bond acceptors (Lipinski definition) is 5. The van der Waals surface area contributed by atoms with Crippen LogP contribution in [0.1, 0.15) is 35.8 Å². The molecule has 0 spiro atoms. The number of phenolic OH excluding ortho intramolecular Hbond substituents is 1.